The third-order valence-corrected chi connectivity index (χ3v) is 10.9. The summed E-state index contributed by atoms with van der Waals surface area (Å²) in [5.41, 5.74) is 0. The molecule has 2 atom stereocenters. The average Bonchev–Trinajstić information content (AvgIpc) is 3.56. The molecule has 0 saturated carbocycles. The molecule has 2 unspecified atom stereocenters. The first-order valence-electron chi connectivity index (χ1n) is 21.8. The third kappa shape index (κ3) is 25.3. The summed E-state index contributed by atoms with van der Waals surface area (Å²) >= 11 is 0. The van der Waals surface area contributed by atoms with Crippen LogP contribution in [0.2, 0.25) is 0 Å². The molecule has 0 radical (unpaired) electrons. The molecule has 0 aromatic carbocycles. The summed E-state index contributed by atoms with van der Waals surface area (Å²) in [5.74, 6) is 2.25. The van der Waals surface area contributed by atoms with Crippen LogP contribution in [0.5, 0.6) is 0 Å². The minimum absolute atomic E-state index is 0.618. The van der Waals surface area contributed by atoms with Gasteiger partial charge in [0.15, 0.2) is 0 Å². The lowest BCUT2D eigenvalue weighted by atomic mass is 9.92. The monoisotopic (exact) mass is 644 g/mol. The van der Waals surface area contributed by atoms with Gasteiger partial charge in [-0.1, -0.05) is 220 Å². The number of H-pyrrole nitrogens is 1. The van der Waals surface area contributed by atoms with Crippen LogP contribution in [0.25, 0.3) is 0 Å². The van der Waals surface area contributed by atoms with Crippen LogP contribution in [-0.2, 0) is 0 Å². The quantitative estimate of drug-likeness (QED) is 0.0550. The van der Waals surface area contributed by atoms with E-state index in [0.717, 1.165) is 0 Å². The Morgan fingerprint density at radius 2 is 0.696 bits per heavy atom. The number of aromatic nitrogens is 2. The summed E-state index contributed by atoms with van der Waals surface area (Å²) in [6.45, 7) is 9.43. The fraction of sp³-hybridized carbons (Fsp3) is 0.932. The normalized spacial score (nSPS) is 13.0. The van der Waals surface area contributed by atoms with Crippen molar-refractivity contribution >= 4 is 0 Å². The Balaban J connectivity index is 2.39. The Labute approximate surface area is 291 Å². The predicted octanol–water partition coefficient (Wildman–Crippen LogP) is 15.7. The van der Waals surface area contributed by atoms with E-state index < -0.39 is 0 Å². The van der Waals surface area contributed by atoms with E-state index in [1.165, 1.54) is 231 Å². The van der Waals surface area contributed by atoms with Crippen molar-refractivity contribution in [3.63, 3.8) is 0 Å². The van der Waals surface area contributed by atoms with E-state index in [4.69, 9.17) is 0 Å². The van der Waals surface area contributed by atoms with Crippen molar-refractivity contribution in [3.05, 3.63) is 18.2 Å². The van der Waals surface area contributed by atoms with Crippen LogP contribution in [0.3, 0.4) is 0 Å². The number of hydrogen-bond acceptors (Lipinski definition) is 0. The number of nitrogens with one attached hydrogen (secondary N) is 1. The standard InChI is InChI=1S/C44H86N2/c1-5-8-11-14-17-20-22-24-26-28-31-34-37-42(4)46-41-40-45-44(46)43(38-35-32-29-25-19-16-13-10-7-3)39-36-33-30-27-23-21-18-15-12-9-6-2/h40-43H,5-39H2,1-4H3/p+1. The van der Waals surface area contributed by atoms with Crippen LogP contribution in [0.15, 0.2) is 12.4 Å². The fourth-order valence-corrected chi connectivity index (χ4v) is 7.66. The molecule has 0 spiro atoms. The van der Waals surface area contributed by atoms with Crippen LogP contribution < -0.4 is 4.57 Å². The Kier molecular flexibility index (Phi) is 32.0. The van der Waals surface area contributed by atoms with Gasteiger partial charge in [0.25, 0.3) is 5.82 Å². The summed E-state index contributed by atoms with van der Waals surface area (Å²) in [4.78, 5) is 3.77. The van der Waals surface area contributed by atoms with Gasteiger partial charge in [0.2, 0.25) is 0 Å². The van der Waals surface area contributed by atoms with Crippen molar-refractivity contribution < 1.29 is 4.57 Å². The van der Waals surface area contributed by atoms with E-state index in [-0.39, 0.29) is 0 Å². The Bertz CT molecular complexity index is 709. The lowest BCUT2D eigenvalue weighted by molar-refractivity contribution is -0.727. The van der Waals surface area contributed by atoms with Crippen LogP contribution in [0.1, 0.15) is 270 Å². The molecule has 0 aliphatic rings. The van der Waals surface area contributed by atoms with E-state index >= 15 is 0 Å². The highest BCUT2D eigenvalue weighted by atomic mass is 15.1. The molecule has 0 aliphatic carbocycles. The lowest BCUT2D eigenvalue weighted by Crippen LogP contribution is -2.41. The molecule has 1 aromatic heterocycles. The topological polar surface area (TPSA) is 19.7 Å². The SMILES string of the molecule is CCCCCCCCCCCCCCC(C)[n+]1cc[nH]c1C(CCCCCCCCCCC)CCCCCCCCCCCCC. The van der Waals surface area contributed by atoms with Crippen molar-refractivity contribution in [1.82, 2.24) is 4.98 Å². The summed E-state index contributed by atoms with van der Waals surface area (Å²) in [6, 6.07) is 0.618. The number of unbranched alkanes of at least 4 members (excludes halogenated alkanes) is 29. The number of nitrogens with zero attached hydrogens (tertiary/aromatic N) is 1. The van der Waals surface area contributed by atoms with Gasteiger partial charge in [-0.25, -0.2) is 9.55 Å². The lowest BCUT2D eigenvalue weighted by Gasteiger charge is -2.17. The van der Waals surface area contributed by atoms with Crippen LogP contribution in [-0.4, -0.2) is 4.98 Å². The van der Waals surface area contributed by atoms with Gasteiger partial charge < -0.3 is 0 Å². The second-order valence-corrected chi connectivity index (χ2v) is 15.4. The first-order chi connectivity index (χ1) is 22.7. The maximum absolute atomic E-state index is 3.77. The smallest absolute Gasteiger partial charge is 0.247 e. The zero-order chi connectivity index (χ0) is 33.2. The van der Waals surface area contributed by atoms with Crippen molar-refractivity contribution in [2.45, 2.75) is 264 Å². The number of rotatable bonds is 37. The molecule has 1 N–H and O–H groups in total. The van der Waals surface area contributed by atoms with Crippen LogP contribution in [0, 0.1) is 0 Å². The molecule has 0 saturated heterocycles. The minimum atomic E-state index is 0.618. The van der Waals surface area contributed by atoms with Crippen molar-refractivity contribution in [3.8, 4) is 0 Å². The van der Waals surface area contributed by atoms with Gasteiger partial charge >= 0.3 is 0 Å². The molecule has 2 heteroatoms. The molecule has 2 nitrogen and oxygen atoms in total. The molecular weight excluding hydrogens is 556 g/mol. The summed E-state index contributed by atoms with van der Waals surface area (Å²) in [7, 11) is 0. The minimum Gasteiger partial charge on any atom is -0.247 e. The predicted molar refractivity (Wildman–Crippen MR) is 207 cm³/mol. The first kappa shape index (κ1) is 43.2. The van der Waals surface area contributed by atoms with Gasteiger partial charge in [-0.2, -0.15) is 0 Å². The zero-order valence-corrected chi connectivity index (χ0v) is 32.5. The molecule has 272 valence electrons. The number of aromatic amines is 1. The molecule has 1 heterocycles. The molecule has 46 heavy (non-hydrogen) atoms. The van der Waals surface area contributed by atoms with Gasteiger partial charge in [-0.3, -0.25) is 0 Å². The number of hydrogen-bond donors (Lipinski definition) is 1. The van der Waals surface area contributed by atoms with E-state index in [9.17, 15) is 0 Å². The van der Waals surface area contributed by atoms with E-state index in [1.807, 2.05) is 0 Å². The second kappa shape index (κ2) is 34.1. The molecule has 0 bridgehead atoms. The molecule has 0 amide bonds. The molecule has 0 aliphatic heterocycles. The van der Waals surface area contributed by atoms with Gasteiger partial charge in [-0.15, -0.1) is 0 Å². The second-order valence-electron chi connectivity index (χ2n) is 15.4. The van der Waals surface area contributed by atoms with Crippen molar-refractivity contribution in [1.29, 1.82) is 0 Å². The Morgan fingerprint density at radius 3 is 1.02 bits per heavy atom. The summed E-state index contributed by atoms with van der Waals surface area (Å²) in [5, 5.41) is 0. The molecular formula is C44H87N2+. The molecule has 0 fully saturated rings. The van der Waals surface area contributed by atoms with Crippen LogP contribution >= 0.6 is 0 Å². The highest BCUT2D eigenvalue weighted by Crippen LogP contribution is 2.27. The van der Waals surface area contributed by atoms with Gasteiger partial charge in [0.05, 0.1) is 12.0 Å². The molecule has 1 rings (SSSR count). The third-order valence-electron chi connectivity index (χ3n) is 10.9. The summed E-state index contributed by atoms with van der Waals surface area (Å²) < 4.78 is 2.65. The van der Waals surface area contributed by atoms with E-state index in [0.29, 0.717) is 12.0 Å². The van der Waals surface area contributed by atoms with Crippen molar-refractivity contribution in [2.24, 2.45) is 0 Å². The van der Waals surface area contributed by atoms with Crippen molar-refractivity contribution in [2.75, 3.05) is 0 Å². The fourth-order valence-electron chi connectivity index (χ4n) is 7.66. The van der Waals surface area contributed by atoms with Gasteiger partial charge in [-0.05, 0) is 32.6 Å². The summed E-state index contributed by atoms with van der Waals surface area (Å²) in [6.07, 6.45) is 54.6. The van der Waals surface area contributed by atoms with E-state index in [2.05, 4.69) is 49.6 Å². The highest BCUT2D eigenvalue weighted by molar-refractivity contribution is 4.90. The number of imidazole rings is 1. The molecule has 1 aromatic rings. The van der Waals surface area contributed by atoms with Gasteiger partial charge in [0, 0.05) is 0 Å². The van der Waals surface area contributed by atoms with Crippen LogP contribution in [0.4, 0.5) is 0 Å². The highest BCUT2D eigenvalue weighted by Gasteiger charge is 2.25. The Morgan fingerprint density at radius 1 is 0.413 bits per heavy atom. The maximum Gasteiger partial charge on any atom is 0.257 e. The largest absolute Gasteiger partial charge is 0.257 e. The van der Waals surface area contributed by atoms with E-state index in [1.54, 1.807) is 0 Å². The zero-order valence-electron chi connectivity index (χ0n) is 32.5. The first-order valence-corrected chi connectivity index (χ1v) is 21.8. The Hall–Kier alpha value is -0.790. The van der Waals surface area contributed by atoms with Gasteiger partial charge in [0.1, 0.15) is 12.4 Å². The maximum atomic E-state index is 3.77. The average molecular weight is 644 g/mol.